The van der Waals surface area contributed by atoms with Crippen molar-refractivity contribution in [3.63, 3.8) is 0 Å². The Hall–Kier alpha value is -2.40. The molecule has 4 rings (SSSR count). The van der Waals surface area contributed by atoms with E-state index in [0.29, 0.717) is 23.0 Å². The summed E-state index contributed by atoms with van der Waals surface area (Å²) in [6, 6.07) is 13.1. The largest absolute Gasteiger partial charge is 0.457 e. The third-order valence-electron chi connectivity index (χ3n) is 4.82. The summed E-state index contributed by atoms with van der Waals surface area (Å²) in [7, 11) is 0. The summed E-state index contributed by atoms with van der Waals surface area (Å²) >= 11 is 0. The highest BCUT2D eigenvalue weighted by molar-refractivity contribution is 5.94. The monoisotopic (exact) mass is 326 g/mol. The number of halogens is 1. The lowest BCUT2D eigenvalue weighted by Crippen LogP contribution is -2.43. The third-order valence-corrected chi connectivity index (χ3v) is 4.82. The predicted octanol–water partition coefficient (Wildman–Crippen LogP) is 3.05. The SMILES string of the molecule is O=C(NC1CN2CC[C@H]1C2)c1ccc(Oc2ccc(F)cc2)cc1. The lowest BCUT2D eigenvalue weighted by molar-refractivity contribution is 0.0924. The fraction of sp³-hybridized carbons (Fsp3) is 0.316. The van der Waals surface area contributed by atoms with Crippen LogP contribution in [0.15, 0.2) is 48.5 Å². The number of fused-ring (bicyclic) bond motifs is 2. The highest BCUT2D eigenvalue weighted by atomic mass is 19.1. The van der Waals surface area contributed by atoms with E-state index < -0.39 is 0 Å². The van der Waals surface area contributed by atoms with Crippen molar-refractivity contribution in [2.75, 3.05) is 19.6 Å². The third kappa shape index (κ3) is 3.12. The average Bonchev–Trinajstić information content (AvgIpc) is 3.20. The first kappa shape index (κ1) is 15.1. The summed E-state index contributed by atoms with van der Waals surface area (Å²) < 4.78 is 18.5. The minimum Gasteiger partial charge on any atom is -0.457 e. The minimum absolute atomic E-state index is 0.0397. The Labute approximate surface area is 140 Å². The Morgan fingerprint density at radius 2 is 1.71 bits per heavy atom. The molecule has 1 N–H and O–H groups in total. The minimum atomic E-state index is -0.300. The molecule has 5 heteroatoms. The van der Waals surface area contributed by atoms with Gasteiger partial charge >= 0.3 is 0 Å². The van der Waals surface area contributed by atoms with E-state index in [1.165, 1.54) is 18.6 Å². The number of hydrogen-bond donors (Lipinski definition) is 1. The highest BCUT2D eigenvalue weighted by Crippen LogP contribution is 2.28. The Bertz CT molecular complexity index is 730. The van der Waals surface area contributed by atoms with Gasteiger partial charge in [-0.25, -0.2) is 4.39 Å². The average molecular weight is 326 g/mol. The number of carbonyl (C=O) groups excluding carboxylic acids is 1. The fourth-order valence-electron chi connectivity index (χ4n) is 3.51. The van der Waals surface area contributed by atoms with E-state index in [-0.39, 0.29) is 17.8 Å². The molecule has 24 heavy (non-hydrogen) atoms. The maximum atomic E-state index is 12.9. The van der Waals surface area contributed by atoms with Gasteiger partial charge in [-0.3, -0.25) is 4.79 Å². The summed E-state index contributed by atoms with van der Waals surface area (Å²) in [5.74, 6) is 1.43. The summed E-state index contributed by atoms with van der Waals surface area (Å²) in [6.07, 6.45) is 1.18. The van der Waals surface area contributed by atoms with Crippen molar-refractivity contribution in [2.24, 2.45) is 5.92 Å². The van der Waals surface area contributed by atoms with Crippen LogP contribution in [0.5, 0.6) is 11.5 Å². The van der Waals surface area contributed by atoms with E-state index >= 15 is 0 Å². The van der Waals surface area contributed by atoms with Gasteiger partial charge in [-0.1, -0.05) is 0 Å². The molecule has 124 valence electrons. The number of amides is 1. The van der Waals surface area contributed by atoms with E-state index in [1.54, 1.807) is 36.4 Å². The van der Waals surface area contributed by atoms with Crippen LogP contribution in [0.1, 0.15) is 16.8 Å². The molecule has 2 aromatic rings. The van der Waals surface area contributed by atoms with Crippen LogP contribution < -0.4 is 10.1 Å². The number of ether oxygens (including phenoxy) is 1. The van der Waals surface area contributed by atoms with Crippen LogP contribution >= 0.6 is 0 Å². The van der Waals surface area contributed by atoms with E-state index in [9.17, 15) is 9.18 Å². The summed E-state index contributed by atoms with van der Waals surface area (Å²) in [5.41, 5.74) is 0.624. The molecular weight excluding hydrogens is 307 g/mol. The van der Waals surface area contributed by atoms with Crippen molar-refractivity contribution in [1.82, 2.24) is 10.2 Å². The number of nitrogens with zero attached hydrogens (tertiary/aromatic N) is 1. The Morgan fingerprint density at radius 1 is 1.04 bits per heavy atom. The molecular formula is C19H19FN2O2. The molecule has 2 unspecified atom stereocenters. The van der Waals surface area contributed by atoms with Crippen LogP contribution in [-0.4, -0.2) is 36.5 Å². The first-order valence-electron chi connectivity index (χ1n) is 8.24. The van der Waals surface area contributed by atoms with E-state index in [4.69, 9.17) is 4.74 Å². The smallest absolute Gasteiger partial charge is 0.251 e. The maximum Gasteiger partial charge on any atom is 0.251 e. The molecule has 2 aliphatic heterocycles. The zero-order chi connectivity index (χ0) is 16.5. The van der Waals surface area contributed by atoms with Crippen LogP contribution in [-0.2, 0) is 0 Å². The standard InChI is InChI=1S/C19H19FN2O2/c20-15-3-7-17(8-4-15)24-16-5-1-13(2-6-16)19(23)21-18-12-22-10-9-14(18)11-22/h1-8,14,18H,9-12H2,(H,21,23)/t14-,18?/m0/s1. The zero-order valence-corrected chi connectivity index (χ0v) is 13.2. The van der Waals surface area contributed by atoms with Gasteiger partial charge in [-0.05, 0) is 67.4 Å². The molecule has 2 fully saturated rings. The summed E-state index contributed by atoms with van der Waals surface area (Å²) in [5, 5.41) is 3.14. The molecule has 1 amide bonds. The molecule has 0 radical (unpaired) electrons. The molecule has 0 aromatic heterocycles. The summed E-state index contributed by atoms with van der Waals surface area (Å²) in [4.78, 5) is 14.8. The van der Waals surface area contributed by atoms with Gasteiger partial charge in [0.05, 0.1) is 0 Å². The lowest BCUT2D eigenvalue weighted by Gasteiger charge is -2.23. The van der Waals surface area contributed by atoms with Crippen LogP contribution in [0.4, 0.5) is 4.39 Å². The van der Waals surface area contributed by atoms with Gasteiger partial charge in [0.25, 0.3) is 5.91 Å². The van der Waals surface area contributed by atoms with E-state index in [1.807, 2.05) is 0 Å². The molecule has 0 saturated carbocycles. The Balaban J connectivity index is 1.38. The number of carbonyl (C=O) groups is 1. The normalized spacial score (nSPS) is 24.8. The number of rotatable bonds is 4. The maximum absolute atomic E-state index is 12.9. The summed E-state index contributed by atoms with van der Waals surface area (Å²) in [6.45, 7) is 3.23. The van der Waals surface area contributed by atoms with Gasteiger partial charge in [0.2, 0.25) is 0 Å². The molecule has 4 nitrogen and oxygen atoms in total. The predicted molar refractivity (Wildman–Crippen MR) is 88.7 cm³/mol. The Morgan fingerprint density at radius 3 is 2.29 bits per heavy atom. The van der Waals surface area contributed by atoms with E-state index in [0.717, 1.165) is 19.6 Å². The number of benzene rings is 2. The fourth-order valence-corrected chi connectivity index (χ4v) is 3.51. The van der Waals surface area contributed by atoms with Crippen molar-refractivity contribution < 1.29 is 13.9 Å². The van der Waals surface area contributed by atoms with Crippen LogP contribution in [0.25, 0.3) is 0 Å². The zero-order valence-electron chi connectivity index (χ0n) is 13.2. The molecule has 2 aromatic carbocycles. The van der Waals surface area contributed by atoms with Crippen molar-refractivity contribution >= 4 is 5.91 Å². The molecule has 3 atom stereocenters. The van der Waals surface area contributed by atoms with Gasteiger partial charge in [0, 0.05) is 24.7 Å². The molecule has 2 heterocycles. The van der Waals surface area contributed by atoms with Gasteiger partial charge < -0.3 is 15.0 Å². The van der Waals surface area contributed by atoms with Crippen molar-refractivity contribution in [3.05, 3.63) is 59.9 Å². The van der Waals surface area contributed by atoms with Gasteiger partial charge in [-0.15, -0.1) is 0 Å². The van der Waals surface area contributed by atoms with Crippen molar-refractivity contribution in [1.29, 1.82) is 0 Å². The topological polar surface area (TPSA) is 41.6 Å². The van der Waals surface area contributed by atoms with Crippen LogP contribution in [0.3, 0.4) is 0 Å². The quantitative estimate of drug-likeness (QED) is 0.939. The highest BCUT2D eigenvalue weighted by Gasteiger charge is 2.38. The van der Waals surface area contributed by atoms with E-state index in [2.05, 4.69) is 10.2 Å². The number of hydrogen-bond acceptors (Lipinski definition) is 3. The molecule has 2 bridgehead atoms. The van der Waals surface area contributed by atoms with Gasteiger partial charge in [-0.2, -0.15) is 0 Å². The van der Waals surface area contributed by atoms with Crippen molar-refractivity contribution in [3.8, 4) is 11.5 Å². The molecule has 0 aliphatic carbocycles. The van der Waals surface area contributed by atoms with Crippen LogP contribution in [0, 0.1) is 11.7 Å². The van der Waals surface area contributed by atoms with Crippen molar-refractivity contribution in [2.45, 2.75) is 12.5 Å². The molecule has 0 spiro atoms. The first-order chi connectivity index (χ1) is 11.7. The molecule has 2 saturated heterocycles. The number of piperidine rings is 1. The second-order valence-corrected chi connectivity index (χ2v) is 6.47. The second kappa shape index (κ2) is 6.24. The number of nitrogens with one attached hydrogen (secondary N) is 1. The van der Waals surface area contributed by atoms with Gasteiger partial charge in [0.1, 0.15) is 17.3 Å². The Kier molecular flexibility index (Phi) is 3.94. The second-order valence-electron chi connectivity index (χ2n) is 6.47. The van der Waals surface area contributed by atoms with Crippen LogP contribution in [0.2, 0.25) is 0 Å². The lowest BCUT2D eigenvalue weighted by atomic mass is 9.99. The van der Waals surface area contributed by atoms with Gasteiger partial charge in [0.15, 0.2) is 0 Å². The molecule has 2 aliphatic rings. The first-order valence-corrected chi connectivity index (χ1v) is 8.24.